The average molecular weight is 575 g/mol. The number of thiophene rings is 2. The minimum atomic E-state index is 0.602. The Morgan fingerprint density at radius 2 is 1.36 bits per heavy atom. The van der Waals surface area contributed by atoms with Crippen molar-refractivity contribution in [2.75, 3.05) is 0 Å². The Morgan fingerprint density at radius 1 is 0.718 bits per heavy atom. The lowest BCUT2D eigenvalue weighted by Crippen LogP contribution is -2.08. The van der Waals surface area contributed by atoms with Gasteiger partial charge in [-0.05, 0) is 123 Å². The summed E-state index contributed by atoms with van der Waals surface area (Å²) in [6.45, 7) is 4.55. The smallest absolute Gasteiger partial charge is 0.0399 e. The number of allylic oxidation sites excluding steroid dienone is 4. The van der Waals surface area contributed by atoms with E-state index in [0.717, 1.165) is 0 Å². The molecule has 0 fully saturated rings. The number of rotatable bonds is 16. The van der Waals surface area contributed by atoms with Crippen LogP contribution in [0.1, 0.15) is 117 Å². The van der Waals surface area contributed by atoms with Crippen LogP contribution in [0.2, 0.25) is 0 Å². The van der Waals surface area contributed by atoms with Crippen LogP contribution >= 0.6 is 34.4 Å². The molecule has 1 aliphatic carbocycles. The lowest BCUT2D eigenvalue weighted by atomic mass is 9.92. The van der Waals surface area contributed by atoms with Gasteiger partial charge in [0.05, 0.1) is 0 Å². The van der Waals surface area contributed by atoms with Gasteiger partial charge in [0.1, 0.15) is 0 Å². The van der Waals surface area contributed by atoms with Gasteiger partial charge in [-0.1, -0.05) is 63.8 Å². The molecule has 0 nitrogen and oxygen atoms in total. The highest BCUT2D eigenvalue weighted by atomic mass is 32.2. The maximum Gasteiger partial charge on any atom is 0.0399 e. The number of thioether (sulfide) groups is 1. The van der Waals surface area contributed by atoms with E-state index in [1.807, 2.05) is 11.3 Å². The number of aryl methyl sites for hydroxylation is 2. The van der Waals surface area contributed by atoms with Gasteiger partial charge in [0.2, 0.25) is 0 Å². The van der Waals surface area contributed by atoms with Crippen molar-refractivity contribution in [3.05, 3.63) is 74.3 Å². The number of fused-ring (bicyclic) bond motifs is 5. The molecule has 3 aromatic rings. The summed E-state index contributed by atoms with van der Waals surface area (Å²) >= 11 is 6.20. The van der Waals surface area contributed by atoms with Gasteiger partial charge in [-0.15, -0.1) is 34.4 Å². The summed E-state index contributed by atoms with van der Waals surface area (Å²) in [4.78, 5) is 6.24. The van der Waals surface area contributed by atoms with Crippen molar-refractivity contribution in [3.63, 3.8) is 0 Å². The minimum Gasteiger partial charge on any atom is -0.145 e. The van der Waals surface area contributed by atoms with Gasteiger partial charge in [-0.3, -0.25) is 0 Å². The molecule has 1 unspecified atom stereocenters. The average Bonchev–Trinajstić information content (AvgIpc) is 3.62. The molecule has 1 aromatic carbocycles. The first kappa shape index (κ1) is 29.0. The minimum absolute atomic E-state index is 0.602. The van der Waals surface area contributed by atoms with Crippen LogP contribution in [0.3, 0.4) is 0 Å². The fourth-order valence-electron chi connectivity index (χ4n) is 5.81. The highest BCUT2D eigenvalue weighted by Gasteiger charge is 2.32. The Kier molecular flexibility index (Phi) is 11.1. The molecule has 3 heterocycles. The van der Waals surface area contributed by atoms with Crippen molar-refractivity contribution in [2.45, 2.75) is 120 Å². The van der Waals surface area contributed by atoms with Crippen LogP contribution in [-0.2, 0) is 19.3 Å². The van der Waals surface area contributed by atoms with E-state index in [-0.39, 0.29) is 0 Å². The lowest BCUT2D eigenvalue weighted by molar-refractivity contribution is 0.727. The monoisotopic (exact) mass is 574 g/mol. The summed E-state index contributed by atoms with van der Waals surface area (Å²) in [5, 5.41) is 2.05. The van der Waals surface area contributed by atoms with E-state index in [1.54, 1.807) is 20.2 Å². The molecule has 2 aromatic heterocycles. The predicted molar refractivity (Wildman–Crippen MR) is 180 cm³/mol. The van der Waals surface area contributed by atoms with E-state index in [0.29, 0.717) is 5.25 Å². The third-order valence-corrected chi connectivity index (χ3v) is 11.7. The second-order valence-corrected chi connectivity index (χ2v) is 15.0. The summed E-state index contributed by atoms with van der Waals surface area (Å²) in [6.07, 6.45) is 31.3. The first-order valence-corrected chi connectivity index (χ1v) is 18.1. The highest BCUT2D eigenvalue weighted by molar-refractivity contribution is 8.01. The molecular weight excluding hydrogens is 529 g/mol. The fourth-order valence-corrected chi connectivity index (χ4v) is 9.72. The maximum atomic E-state index is 2.53. The van der Waals surface area contributed by atoms with E-state index in [4.69, 9.17) is 0 Å². The van der Waals surface area contributed by atoms with E-state index >= 15 is 0 Å². The summed E-state index contributed by atoms with van der Waals surface area (Å²) in [7, 11) is 0. The molecule has 0 spiro atoms. The zero-order valence-electron chi connectivity index (χ0n) is 24.1. The Bertz CT molecular complexity index is 1300. The van der Waals surface area contributed by atoms with Crippen molar-refractivity contribution >= 4 is 56.2 Å². The summed E-state index contributed by atoms with van der Waals surface area (Å²) in [6, 6.07) is 9.96. The van der Waals surface area contributed by atoms with Crippen LogP contribution in [0.5, 0.6) is 0 Å². The Morgan fingerprint density at radius 3 is 2.03 bits per heavy atom. The van der Waals surface area contributed by atoms with E-state index < -0.39 is 0 Å². The van der Waals surface area contributed by atoms with Gasteiger partial charge >= 0.3 is 0 Å². The molecule has 39 heavy (non-hydrogen) atoms. The molecular formula is C36H46S3. The lowest BCUT2D eigenvalue weighted by Gasteiger charge is -2.16. The SMILES string of the molecule is CCCCC/C=C\CCCc1cc2c(s1)CC1Sc3cc4sc(CCC/C=C\CCCCC)cc4cc3C1=C2. The molecule has 0 radical (unpaired) electrons. The first-order valence-electron chi connectivity index (χ1n) is 15.6. The van der Waals surface area contributed by atoms with E-state index in [1.165, 1.54) is 122 Å². The normalized spacial score (nSPS) is 16.4. The molecule has 5 rings (SSSR count). The molecule has 1 atom stereocenters. The van der Waals surface area contributed by atoms with Gasteiger partial charge in [0, 0.05) is 29.5 Å². The van der Waals surface area contributed by atoms with E-state index in [9.17, 15) is 0 Å². The zero-order chi connectivity index (χ0) is 26.9. The quantitative estimate of drug-likeness (QED) is 0.121. The second-order valence-electron chi connectivity index (χ2n) is 11.3. The van der Waals surface area contributed by atoms with Crippen LogP contribution in [0, 0.1) is 0 Å². The standard InChI is InChI=1S/C36H46S3/c1-3-5-7-9-11-13-15-17-19-29-21-27-23-31-32-24-28-22-30(20-18-16-14-12-10-8-6-4-2)38-34(28)26-36(32)39-35(31)25-33(27)37-29/h11-14,21-25,36H,3-10,15-20,26H2,1-2H3/b13-11-,14-12-. The van der Waals surface area contributed by atoms with Crippen LogP contribution in [-0.4, -0.2) is 5.25 Å². The van der Waals surface area contributed by atoms with Gasteiger partial charge < -0.3 is 0 Å². The summed E-state index contributed by atoms with van der Waals surface area (Å²) in [5.74, 6) is 0. The zero-order valence-corrected chi connectivity index (χ0v) is 26.6. The molecule has 0 saturated heterocycles. The van der Waals surface area contributed by atoms with Gasteiger partial charge in [0.15, 0.2) is 0 Å². The Hall–Kier alpha value is -1.55. The second kappa shape index (κ2) is 14.9. The maximum absolute atomic E-state index is 2.53. The topological polar surface area (TPSA) is 0 Å². The largest absolute Gasteiger partial charge is 0.145 e. The first-order chi connectivity index (χ1) is 19.2. The highest BCUT2D eigenvalue weighted by Crippen LogP contribution is 2.52. The molecule has 1 aliphatic heterocycles. The van der Waals surface area contributed by atoms with Gasteiger partial charge in [0.25, 0.3) is 0 Å². The number of hydrogen-bond donors (Lipinski definition) is 0. The van der Waals surface area contributed by atoms with Crippen LogP contribution in [0.15, 0.2) is 53.5 Å². The third-order valence-electron chi connectivity index (χ3n) is 8.04. The Labute approximate surface area is 249 Å². The number of benzene rings is 1. The van der Waals surface area contributed by atoms with Crippen molar-refractivity contribution < 1.29 is 0 Å². The molecule has 0 saturated carbocycles. The third kappa shape index (κ3) is 7.80. The molecule has 0 bridgehead atoms. The van der Waals surface area contributed by atoms with Crippen molar-refractivity contribution in [1.29, 1.82) is 0 Å². The van der Waals surface area contributed by atoms with Crippen molar-refractivity contribution in [1.82, 2.24) is 0 Å². The fraction of sp³-hybridized carbons (Fsp3) is 0.500. The van der Waals surface area contributed by atoms with Gasteiger partial charge in [-0.2, -0.15) is 0 Å². The van der Waals surface area contributed by atoms with E-state index in [2.05, 4.69) is 91.6 Å². The van der Waals surface area contributed by atoms with Crippen molar-refractivity contribution in [2.24, 2.45) is 0 Å². The summed E-state index contributed by atoms with van der Waals surface area (Å²) < 4.78 is 1.47. The van der Waals surface area contributed by atoms with Crippen LogP contribution < -0.4 is 0 Å². The van der Waals surface area contributed by atoms with Crippen molar-refractivity contribution in [3.8, 4) is 0 Å². The molecule has 3 heteroatoms. The molecule has 2 aliphatic rings. The Balaban J connectivity index is 1.16. The van der Waals surface area contributed by atoms with Gasteiger partial charge in [-0.25, -0.2) is 0 Å². The molecule has 0 amide bonds. The molecule has 208 valence electrons. The van der Waals surface area contributed by atoms with Crippen LogP contribution in [0.4, 0.5) is 0 Å². The number of hydrogen-bond acceptors (Lipinski definition) is 3. The molecule has 0 N–H and O–H groups in total. The predicted octanol–water partition coefficient (Wildman–Crippen LogP) is 12.5. The number of unbranched alkanes of at least 4 members (excludes halogenated alkanes) is 8. The van der Waals surface area contributed by atoms with Crippen LogP contribution in [0.25, 0.3) is 21.7 Å². The summed E-state index contributed by atoms with van der Waals surface area (Å²) in [5.41, 5.74) is 4.58.